The van der Waals surface area contributed by atoms with E-state index < -0.39 is 0 Å². The zero-order valence-electron chi connectivity index (χ0n) is 23.7. The highest BCUT2D eigenvalue weighted by Gasteiger charge is 2.31. The number of hydrogen-bond acceptors (Lipinski definition) is 9. The number of pyridine rings is 1. The molecule has 0 bridgehead atoms. The molecule has 2 fully saturated rings. The minimum absolute atomic E-state index is 0.122. The summed E-state index contributed by atoms with van der Waals surface area (Å²) in [6.45, 7) is 3.87. The third-order valence-electron chi connectivity index (χ3n) is 8.38. The zero-order valence-corrected chi connectivity index (χ0v) is 23.7. The van der Waals surface area contributed by atoms with Crippen molar-refractivity contribution in [2.75, 3.05) is 30.4 Å². The molecular formula is C31H37N7O3. The number of hydrogen-bond donors (Lipinski definition) is 2. The Labute approximate surface area is 240 Å². The van der Waals surface area contributed by atoms with Crippen LogP contribution in [-0.4, -0.2) is 52.2 Å². The molecule has 1 amide bonds. The van der Waals surface area contributed by atoms with Crippen molar-refractivity contribution in [2.24, 2.45) is 11.8 Å². The molecule has 1 aromatic carbocycles. The van der Waals surface area contributed by atoms with E-state index in [0.717, 1.165) is 36.5 Å². The monoisotopic (exact) mass is 555 g/mol. The SMILES string of the molecule is CNC(=O)c1cccc(-c2cnc(N[C@@H]3CCCC[C@H]3C[C@H]3CCCN(c4ccc(-c5noc(C)n5)nc4)C3)o2)c1. The third-order valence-corrected chi connectivity index (χ3v) is 8.38. The first-order chi connectivity index (χ1) is 20.1. The summed E-state index contributed by atoms with van der Waals surface area (Å²) >= 11 is 0. The minimum atomic E-state index is -0.122. The number of carbonyl (C=O) groups excluding carboxylic acids is 1. The van der Waals surface area contributed by atoms with Gasteiger partial charge in [0.1, 0.15) is 5.69 Å². The lowest BCUT2D eigenvalue weighted by molar-refractivity contribution is 0.0963. The van der Waals surface area contributed by atoms with Crippen molar-refractivity contribution in [3.05, 3.63) is 60.2 Å². The summed E-state index contributed by atoms with van der Waals surface area (Å²) in [5, 5.41) is 10.3. The lowest BCUT2D eigenvalue weighted by atomic mass is 9.77. The molecule has 10 nitrogen and oxygen atoms in total. The summed E-state index contributed by atoms with van der Waals surface area (Å²) < 4.78 is 11.2. The lowest BCUT2D eigenvalue weighted by Crippen LogP contribution is -2.39. The molecule has 41 heavy (non-hydrogen) atoms. The van der Waals surface area contributed by atoms with Gasteiger partial charge in [-0.05, 0) is 68.2 Å². The van der Waals surface area contributed by atoms with Gasteiger partial charge in [0, 0.05) is 44.2 Å². The molecular weight excluding hydrogens is 518 g/mol. The molecule has 1 saturated heterocycles. The number of nitrogens with one attached hydrogen (secondary N) is 2. The van der Waals surface area contributed by atoms with Crippen molar-refractivity contribution in [3.8, 4) is 22.8 Å². The van der Waals surface area contributed by atoms with E-state index in [-0.39, 0.29) is 5.91 Å². The molecule has 3 atom stereocenters. The van der Waals surface area contributed by atoms with Gasteiger partial charge in [0.05, 0.1) is 18.1 Å². The van der Waals surface area contributed by atoms with Gasteiger partial charge in [-0.25, -0.2) is 4.98 Å². The Morgan fingerprint density at radius 2 is 1.98 bits per heavy atom. The fourth-order valence-corrected chi connectivity index (χ4v) is 6.30. The number of carbonyl (C=O) groups is 1. The van der Waals surface area contributed by atoms with Gasteiger partial charge in [-0.1, -0.05) is 30.1 Å². The van der Waals surface area contributed by atoms with Crippen LogP contribution in [0.15, 0.2) is 57.7 Å². The van der Waals surface area contributed by atoms with Crippen LogP contribution in [0.25, 0.3) is 22.8 Å². The average molecular weight is 556 g/mol. The summed E-state index contributed by atoms with van der Waals surface area (Å²) in [5.41, 5.74) is 3.30. The zero-order chi connectivity index (χ0) is 28.2. The molecule has 214 valence electrons. The molecule has 1 saturated carbocycles. The van der Waals surface area contributed by atoms with E-state index in [1.54, 1.807) is 26.2 Å². The Morgan fingerprint density at radius 3 is 2.78 bits per heavy atom. The Kier molecular flexibility index (Phi) is 7.98. The van der Waals surface area contributed by atoms with Crippen LogP contribution >= 0.6 is 0 Å². The molecule has 0 radical (unpaired) electrons. The van der Waals surface area contributed by atoms with Crippen LogP contribution in [0.1, 0.15) is 61.2 Å². The molecule has 0 unspecified atom stereocenters. The van der Waals surface area contributed by atoms with Gasteiger partial charge in [-0.2, -0.15) is 4.98 Å². The maximum atomic E-state index is 12.0. The second kappa shape index (κ2) is 12.1. The maximum Gasteiger partial charge on any atom is 0.295 e. The fourth-order valence-electron chi connectivity index (χ4n) is 6.30. The van der Waals surface area contributed by atoms with Gasteiger partial charge in [0.2, 0.25) is 11.7 Å². The van der Waals surface area contributed by atoms with Crippen molar-refractivity contribution < 1.29 is 13.7 Å². The van der Waals surface area contributed by atoms with Crippen molar-refractivity contribution in [2.45, 2.75) is 57.9 Å². The van der Waals surface area contributed by atoms with E-state index in [0.29, 0.717) is 46.9 Å². The molecule has 10 heteroatoms. The number of rotatable bonds is 8. The van der Waals surface area contributed by atoms with Crippen LogP contribution in [0.2, 0.25) is 0 Å². The van der Waals surface area contributed by atoms with E-state index in [4.69, 9.17) is 8.94 Å². The topological polar surface area (TPSA) is 122 Å². The van der Waals surface area contributed by atoms with Crippen LogP contribution in [-0.2, 0) is 0 Å². The van der Waals surface area contributed by atoms with E-state index in [9.17, 15) is 4.79 Å². The van der Waals surface area contributed by atoms with Crippen LogP contribution in [0.3, 0.4) is 0 Å². The van der Waals surface area contributed by atoms with Crippen LogP contribution < -0.4 is 15.5 Å². The maximum absolute atomic E-state index is 12.0. The normalized spacial score (nSPS) is 21.0. The van der Waals surface area contributed by atoms with Gasteiger partial charge in [0.25, 0.3) is 11.9 Å². The first kappa shape index (κ1) is 27.0. The highest BCUT2D eigenvalue weighted by Crippen LogP contribution is 2.36. The molecule has 6 rings (SSSR count). The number of aryl methyl sites for hydroxylation is 1. The summed E-state index contributed by atoms with van der Waals surface area (Å²) in [5.74, 6) is 2.80. The molecule has 0 spiro atoms. The van der Waals surface area contributed by atoms with Crippen molar-refractivity contribution >= 4 is 17.6 Å². The number of oxazole rings is 1. The molecule has 1 aliphatic carbocycles. The van der Waals surface area contributed by atoms with Gasteiger partial charge < -0.3 is 24.5 Å². The second-order valence-electron chi connectivity index (χ2n) is 11.2. The average Bonchev–Trinajstić information content (AvgIpc) is 3.67. The smallest absolute Gasteiger partial charge is 0.295 e. The van der Waals surface area contributed by atoms with Gasteiger partial charge >= 0.3 is 0 Å². The van der Waals surface area contributed by atoms with E-state index in [2.05, 4.69) is 41.7 Å². The number of anilines is 2. The molecule has 2 N–H and O–H groups in total. The second-order valence-corrected chi connectivity index (χ2v) is 11.2. The molecule has 4 aromatic rings. The van der Waals surface area contributed by atoms with Gasteiger partial charge in [-0.15, -0.1) is 0 Å². The largest absolute Gasteiger partial charge is 0.424 e. The van der Waals surface area contributed by atoms with Crippen LogP contribution in [0, 0.1) is 18.8 Å². The first-order valence-corrected chi connectivity index (χ1v) is 14.6. The summed E-state index contributed by atoms with van der Waals surface area (Å²) in [6.07, 6.45) is 12.1. The van der Waals surface area contributed by atoms with E-state index in [1.165, 1.54) is 38.5 Å². The van der Waals surface area contributed by atoms with Gasteiger partial charge in [-0.3, -0.25) is 9.78 Å². The molecule has 2 aliphatic rings. The summed E-state index contributed by atoms with van der Waals surface area (Å²) in [4.78, 5) is 27.9. The number of piperidine rings is 1. The Morgan fingerprint density at radius 1 is 1.07 bits per heavy atom. The lowest BCUT2D eigenvalue weighted by Gasteiger charge is -2.39. The Bertz CT molecular complexity index is 1460. The number of amides is 1. The van der Waals surface area contributed by atoms with Crippen molar-refractivity contribution in [1.29, 1.82) is 0 Å². The fraction of sp³-hybridized carbons (Fsp3) is 0.452. The van der Waals surface area contributed by atoms with E-state index >= 15 is 0 Å². The van der Waals surface area contributed by atoms with Crippen LogP contribution in [0.4, 0.5) is 11.7 Å². The Balaban J connectivity index is 1.08. The summed E-state index contributed by atoms with van der Waals surface area (Å²) in [7, 11) is 1.63. The van der Waals surface area contributed by atoms with Crippen LogP contribution in [0.5, 0.6) is 0 Å². The molecule has 4 heterocycles. The molecule has 1 aliphatic heterocycles. The Hall–Kier alpha value is -4.21. The highest BCUT2D eigenvalue weighted by molar-refractivity contribution is 5.95. The van der Waals surface area contributed by atoms with E-state index in [1.807, 2.05) is 30.5 Å². The highest BCUT2D eigenvalue weighted by atomic mass is 16.5. The standard InChI is InChI=1S/C31H37N7O3/c1-20-35-29(37-41-20)27-13-12-25(17-33-27)38-14-6-7-21(19-38)15-22-8-3-4-11-26(22)36-31-34-18-28(40-31)23-9-5-10-24(16-23)30(39)32-2/h5,9-10,12-13,16-18,21-22,26H,3-4,6-8,11,14-15,19H2,1-2H3,(H,32,39)(H,34,36)/t21-,22+,26-/m1/s1. The quantitative estimate of drug-likeness (QED) is 0.280. The number of aromatic nitrogens is 4. The third kappa shape index (κ3) is 6.26. The minimum Gasteiger partial charge on any atom is -0.424 e. The summed E-state index contributed by atoms with van der Waals surface area (Å²) in [6, 6.07) is 12.4. The molecule has 3 aromatic heterocycles. The predicted octanol–water partition coefficient (Wildman–Crippen LogP) is 5.73. The number of nitrogens with zero attached hydrogens (tertiary/aromatic N) is 5. The van der Waals surface area contributed by atoms with Crippen molar-refractivity contribution in [1.82, 2.24) is 25.4 Å². The predicted molar refractivity (Wildman–Crippen MR) is 157 cm³/mol. The number of benzene rings is 1. The van der Waals surface area contributed by atoms with Crippen molar-refractivity contribution in [3.63, 3.8) is 0 Å². The van der Waals surface area contributed by atoms with Gasteiger partial charge in [0.15, 0.2) is 5.76 Å². The first-order valence-electron chi connectivity index (χ1n) is 14.6.